The van der Waals surface area contributed by atoms with E-state index in [-0.39, 0.29) is 11.7 Å². The third-order valence-corrected chi connectivity index (χ3v) is 7.11. The van der Waals surface area contributed by atoms with E-state index in [1.807, 2.05) is 60.0 Å². The van der Waals surface area contributed by atoms with Crippen LogP contribution in [0.2, 0.25) is 0 Å². The zero-order chi connectivity index (χ0) is 19.4. The number of ketones is 1. The summed E-state index contributed by atoms with van der Waals surface area (Å²) in [6, 6.07) is 17.4. The van der Waals surface area contributed by atoms with Crippen LogP contribution >= 0.6 is 22.7 Å². The highest BCUT2D eigenvalue weighted by atomic mass is 32.1. The normalized spacial score (nSPS) is 15.9. The number of carbonyl (C=O) groups excluding carboxylic acids is 2. The molecule has 4 nitrogen and oxygen atoms in total. The number of hydrogen-bond donors (Lipinski definition) is 1. The number of hydrogen-bond acceptors (Lipinski definition) is 5. The van der Waals surface area contributed by atoms with E-state index in [1.165, 1.54) is 22.7 Å². The molecule has 4 rings (SSSR count). The molecule has 0 atom stereocenters. The van der Waals surface area contributed by atoms with Crippen molar-refractivity contribution in [1.29, 1.82) is 0 Å². The van der Waals surface area contributed by atoms with Crippen LogP contribution in [0.5, 0.6) is 0 Å². The van der Waals surface area contributed by atoms with Crippen molar-refractivity contribution in [3.05, 3.63) is 80.2 Å². The number of amides is 1. The Morgan fingerprint density at radius 2 is 1.75 bits per heavy atom. The van der Waals surface area contributed by atoms with Crippen LogP contribution in [0.25, 0.3) is 0 Å². The van der Waals surface area contributed by atoms with E-state index in [9.17, 15) is 9.59 Å². The minimum atomic E-state index is -0.549. The van der Waals surface area contributed by atoms with Crippen molar-refractivity contribution >= 4 is 34.4 Å². The fourth-order valence-corrected chi connectivity index (χ4v) is 5.23. The summed E-state index contributed by atoms with van der Waals surface area (Å²) in [5, 5.41) is 5.00. The van der Waals surface area contributed by atoms with Crippen LogP contribution < -0.4 is 5.32 Å². The number of carbonyl (C=O) groups is 2. The van der Waals surface area contributed by atoms with Gasteiger partial charge < -0.3 is 10.1 Å². The number of ether oxygens (including phenoxy) is 1. The zero-order valence-corrected chi connectivity index (χ0v) is 17.0. The number of rotatable bonds is 6. The Balaban J connectivity index is 1.47. The number of nitrogens with one attached hydrogen (secondary N) is 1. The highest BCUT2D eigenvalue weighted by molar-refractivity contribution is 7.16. The van der Waals surface area contributed by atoms with Crippen molar-refractivity contribution in [3.8, 4) is 0 Å². The summed E-state index contributed by atoms with van der Waals surface area (Å²) in [6.45, 7) is 1.60. The van der Waals surface area contributed by atoms with E-state index in [0.29, 0.717) is 37.5 Å². The summed E-state index contributed by atoms with van der Waals surface area (Å²) < 4.78 is 5.51. The lowest BCUT2D eigenvalue weighted by Crippen LogP contribution is -2.47. The minimum absolute atomic E-state index is 0.0292. The summed E-state index contributed by atoms with van der Waals surface area (Å²) >= 11 is 2.89. The molecule has 0 bridgehead atoms. The van der Waals surface area contributed by atoms with Gasteiger partial charge in [-0.05, 0) is 42.0 Å². The molecular weight excluding hydrogens is 390 g/mol. The standard InChI is InChI=1S/C22H21NO3S2/c24-20(18-7-4-14-27-18)19-9-8-17(28-19)15-23-21(25)22(10-12-26-13-11-22)16-5-2-1-3-6-16/h1-9,14H,10-13,15H2,(H,23,25). The van der Waals surface area contributed by atoms with Crippen LogP contribution in [0.4, 0.5) is 0 Å². The van der Waals surface area contributed by atoms with Crippen molar-refractivity contribution in [2.45, 2.75) is 24.8 Å². The maximum atomic E-state index is 13.2. The fourth-order valence-electron chi connectivity index (χ4n) is 3.58. The van der Waals surface area contributed by atoms with Crippen LogP contribution in [0.15, 0.2) is 60.0 Å². The van der Waals surface area contributed by atoms with E-state index < -0.39 is 5.41 Å². The molecule has 1 fully saturated rings. The van der Waals surface area contributed by atoms with Crippen LogP contribution in [-0.2, 0) is 21.5 Å². The summed E-state index contributed by atoms with van der Waals surface area (Å²) in [5.74, 6) is 0.0734. The Morgan fingerprint density at radius 3 is 2.46 bits per heavy atom. The molecule has 0 unspecified atom stereocenters. The van der Waals surface area contributed by atoms with Crippen molar-refractivity contribution in [3.63, 3.8) is 0 Å². The Labute approximate surface area is 172 Å². The third kappa shape index (κ3) is 3.81. The summed E-state index contributed by atoms with van der Waals surface area (Å²) in [5.41, 5.74) is 0.488. The Kier molecular flexibility index (Phi) is 5.71. The second-order valence-electron chi connectivity index (χ2n) is 6.82. The van der Waals surface area contributed by atoms with E-state index in [2.05, 4.69) is 5.32 Å². The predicted octanol–water partition coefficient (Wildman–Crippen LogP) is 4.41. The molecule has 3 heterocycles. The molecule has 6 heteroatoms. The van der Waals surface area contributed by atoms with Gasteiger partial charge in [-0.2, -0.15) is 0 Å². The van der Waals surface area contributed by atoms with E-state index in [0.717, 1.165) is 15.3 Å². The van der Waals surface area contributed by atoms with Gasteiger partial charge in [0.05, 0.1) is 21.7 Å². The van der Waals surface area contributed by atoms with Gasteiger partial charge in [0.15, 0.2) is 0 Å². The number of thiophene rings is 2. The van der Waals surface area contributed by atoms with Gasteiger partial charge in [0.1, 0.15) is 0 Å². The molecule has 1 aromatic carbocycles. The fraction of sp³-hybridized carbons (Fsp3) is 0.273. The first-order valence-corrected chi connectivity index (χ1v) is 11.0. The quantitative estimate of drug-likeness (QED) is 0.612. The molecule has 1 aliphatic heterocycles. The minimum Gasteiger partial charge on any atom is -0.381 e. The Hall–Kier alpha value is -2.28. The average Bonchev–Trinajstić information content (AvgIpc) is 3.45. The lowest BCUT2D eigenvalue weighted by atomic mass is 9.73. The third-order valence-electron chi connectivity index (χ3n) is 5.16. The van der Waals surface area contributed by atoms with Crippen molar-refractivity contribution in [2.75, 3.05) is 13.2 Å². The SMILES string of the molecule is O=C(c1cccs1)c1ccc(CNC(=O)C2(c3ccccc3)CCOCC2)s1. The van der Waals surface area contributed by atoms with Crippen molar-refractivity contribution in [1.82, 2.24) is 5.32 Å². The maximum Gasteiger partial charge on any atom is 0.231 e. The van der Waals surface area contributed by atoms with Crippen molar-refractivity contribution < 1.29 is 14.3 Å². The molecule has 0 radical (unpaired) electrons. The van der Waals surface area contributed by atoms with Crippen LogP contribution in [0.1, 0.15) is 37.8 Å². The summed E-state index contributed by atoms with van der Waals surface area (Å²) in [6.07, 6.45) is 1.35. The Bertz CT molecular complexity index is 941. The molecular formula is C22H21NO3S2. The van der Waals surface area contributed by atoms with E-state index in [4.69, 9.17) is 4.74 Å². The lowest BCUT2D eigenvalue weighted by Gasteiger charge is -2.36. The van der Waals surface area contributed by atoms with Crippen LogP contribution in [0.3, 0.4) is 0 Å². The maximum absolute atomic E-state index is 13.2. The Morgan fingerprint density at radius 1 is 0.964 bits per heavy atom. The molecule has 144 valence electrons. The van der Waals surface area contributed by atoms with Gasteiger partial charge in [-0.25, -0.2) is 0 Å². The lowest BCUT2D eigenvalue weighted by molar-refractivity contribution is -0.130. The first kappa shape index (κ1) is 19.1. The van der Waals surface area contributed by atoms with Gasteiger partial charge in [0, 0.05) is 18.1 Å². The average molecular weight is 412 g/mol. The van der Waals surface area contributed by atoms with E-state index >= 15 is 0 Å². The second-order valence-corrected chi connectivity index (χ2v) is 8.93. The van der Waals surface area contributed by atoms with Gasteiger partial charge in [0.25, 0.3) is 0 Å². The molecule has 1 amide bonds. The highest BCUT2D eigenvalue weighted by Gasteiger charge is 2.41. The summed E-state index contributed by atoms with van der Waals surface area (Å²) in [7, 11) is 0. The van der Waals surface area contributed by atoms with Gasteiger partial charge >= 0.3 is 0 Å². The molecule has 28 heavy (non-hydrogen) atoms. The molecule has 1 saturated heterocycles. The van der Waals surface area contributed by atoms with Gasteiger partial charge in [0.2, 0.25) is 11.7 Å². The largest absolute Gasteiger partial charge is 0.381 e. The molecule has 3 aromatic rings. The zero-order valence-electron chi connectivity index (χ0n) is 15.4. The highest BCUT2D eigenvalue weighted by Crippen LogP contribution is 2.35. The monoisotopic (exact) mass is 411 g/mol. The van der Waals surface area contributed by atoms with Gasteiger partial charge in [-0.1, -0.05) is 36.4 Å². The van der Waals surface area contributed by atoms with E-state index in [1.54, 1.807) is 0 Å². The predicted molar refractivity (Wildman–Crippen MR) is 112 cm³/mol. The topological polar surface area (TPSA) is 55.4 Å². The molecule has 0 saturated carbocycles. The molecule has 2 aromatic heterocycles. The van der Waals surface area contributed by atoms with Crippen molar-refractivity contribution in [2.24, 2.45) is 0 Å². The summed E-state index contributed by atoms with van der Waals surface area (Å²) in [4.78, 5) is 28.1. The molecule has 0 aliphatic carbocycles. The number of benzene rings is 1. The van der Waals surface area contributed by atoms with Gasteiger partial charge in [-0.3, -0.25) is 9.59 Å². The second kappa shape index (κ2) is 8.39. The molecule has 0 spiro atoms. The first-order valence-electron chi connectivity index (χ1n) is 9.27. The smallest absolute Gasteiger partial charge is 0.231 e. The van der Waals surface area contributed by atoms with Gasteiger partial charge in [-0.15, -0.1) is 22.7 Å². The molecule has 1 aliphatic rings. The van der Waals surface area contributed by atoms with Crippen LogP contribution in [0, 0.1) is 0 Å². The van der Waals surface area contributed by atoms with Crippen LogP contribution in [-0.4, -0.2) is 24.9 Å². The first-order chi connectivity index (χ1) is 13.7. The molecule has 1 N–H and O–H groups in total.